The molecule has 9 heteroatoms. The van der Waals surface area contributed by atoms with E-state index < -0.39 is 10.0 Å². The summed E-state index contributed by atoms with van der Waals surface area (Å²) in [5.74, 6) is -0.317. The lowest BCUT2D eigenvalue weighted by Gasteiger charge is -2.30. The maximum atomic E-state index is 12.6. The van der Waals surface area contributed by atoms with E-state index in [4.69, 9.17) is 0 Å². The Hall–Kier alpha value is -2.91. The fourth-order valence-corrected chi connectivity index (χ4v) is 4.44. The topological polar surface area (TPSA) is 108 Å². The van der Waals surface area contributed by atoms with E-state index in [-0.39, 0.29) is 23.6 Å². The second kappa shape index (κ2) is 9.73. The predicted octanol–water partition coefficient (Wildman–Crippen LogP) is 3.33. The Morgan fingerprint density at radius 3 is 2.10 bits per heavy atom. The van der Waals surface area contributed by atoms with E-state index >= 15 is 0 Å². The highest BCUT2D eigenvalue weighted by Gasteiger charge is 2.30. The van der Waals surface area contributed by atoms with Gasteiger partial charge in [0.25, 0.3) is 0 Å². The Labute approximate surface area is 176 Å². The van der Waals surface area contributed by atoms with Crippen LogP contribution in [0.4, 0.5) is 21.9 Å². The summed E-state index contributed by atoms with van der Waals surface area (Å²) in [6, 6.07) is 15.6. The average molecular weight is 431 g/mol. The maximum absolute atomic E-state index is 12.6. The summed E-state index contributed by atoms with van der Waals surface area (Å²) in [6.45, 7) is 2.33. The monoisotopic (exact) mass is 430 g/mol. The molecule has 160 valence electrons. The number of benzene rings is 2. The van der Waals surface area contributed by atoms with Crippen molar-refractivity contribution in [1.82, 2.24) is 4.31 Å². The van der Waals surface area contributed by atoms with Crippen molar-refractivity contribution in [3.63, 3.8) is 0 Å². The number of amides is 3. The Morgan fingerprint density at radius 1 is 0.900 bits per heavy atom. The van der Waals surface area contributed by atoms with Crippen LogP contribution in [-0.2, 0) is 14.8 Å². The normalized spacial score (nSPS) is 15.4. The molecule has 0 atom stereocenters. The third kappa shape index (κ3) is 5.80. The van der Waals surface area contributed by atoms with Crippen molar-refractivity contribution < 1.29 is 18.0 Å². The molecular weight excluding hydrogens is 404 g/mol. The quantitative estimate of drug-likeness (QED) is 0.653. The van der Waals surface area contributed by atoms with Crippen molar-refractivity contribution in [2.24, 2.45) is 5.92 Å². The van der Waals surface area contributed by atoms with Crippen LogP contribution >= 0.6 is 0 Å². The third-order valence-corrected chi connectivity index (χ3v) is 6.88. The summed E-state index contributed by atoms with van der Waals surface area (Å²) in [5.41, 5.74) is 1.79. The van der Waals surface area contributed by atoms with Gasteiger partial charge in [0.2, 0.25) is 15.9 Å². The second-order valence-electron chi connectivity index (χ2n) is 7.09. The number of anilines is 3. The van der Waals surface area contributed by atoms with Crippen LogP contribution in [0.15, 0.2) is 54.6 Å². The number of sulfonamides is 1. The molecular formula is C21H26N4O4S. The van der Waals surface area contributed by atoms with E-state index in [2.05, 4.69) is 16.0 Å². The molecule has 2 aromatic rings. The molecule has 1 aliphatic rings. The van der Waals surface area contributed by atoms with Crippen LogP contribution in [0.2, 0.25) is 0 Å². The smallest absolute Gasteiger partial charge is 0.323 e. The van der Waals surface area contributed by atoms with Crippen LogP contribution < -0.4 is 16.0 Å². The minimum absolute atomic E-state index is 0.0709. The molecule has 8 nitrogen and oxygen atoms in total. The summed E-state index contributed by atoms with van der Waals surface area (Å²) in [5, 5.41) is 8.33. The Morgan fingerprint density at radius 2 is 1.47 bits per heavy atom. The van der Waals surface area contributed by atoms with Gasteiger partial charge in [0.05, 0.1) is 5.75 Å². The van der Waals surface area contributed by atoms with E-state index in [0.717, 1.165) is 0 Å². The third-order valence-electron chi connectivity index (χ3n) is 5.00. The fraction of sp³-hybridized carbons (Fsp3) is 0.333. The van der Waals surface area contributed by atoms with Gasteiger partial charge in [-0.1, -0.05) is 24.3 Å². The van der Waals surface area contributed by atoms with Gasteiger partial charge < -0.3 is 16.0 Å². The molecule has 1 aliphatic heterocycles. The van der Waals surface area contributed by atoms with E-state index in [1.165, 1.54) is 4.31 Å². The molecule has 0 radical (unpaired) electrons. The number of urea groups is 1. The second-order valence-corrected chi connectivity index (χ2v) is 9.35. The fourth-order valence-electron chi connectivity index (χ4n) is 3.31. The molecule has 1 saturated heterocycles. The number of para-hydroxylation sites is 1. The lowest BCUT2D eigenvalue weighted by Crippen LogP contribution is -2.42. The largest absolute Gasteiger partial charge is 0.326 e. The number of hydrogen-bond acceptors (Lipinski definition) is 4. The van der Waals surface area contributed by atoms with Gasteiger partial charge in [-0.15, -0.1) is 0 Å². The molecule has 1 heterocycles. The zero-order valence-corrected chi connectivity index (χ0v) is 17.6. The molecule has 1 fully saturated rings. The first kappa shape index (κ1) is 21.8. The molecule has 2 aromatic carbocycles. The van der Waals surface area contributed by atoms with Gasteiger partial charge in [-0.2, -0.15) is 0 Å². The van der Waals surface area contributed by atoms with Crippen molar-refractivity contribution in [3.05, 3.63) is 54.6 Å². The first-order valence-corrected chi connectivity index (χ1v) is 11.5. The number of carbonyl (C=O) groups is 2. The van der Waals surface area contributed by atoms with Gasteiger partial charge in [-0.3, -0.25) is 4.79 Å². The number of rotatable bonds is 6. The van der Waals surface area contributed by atoms with Crippen LogP contribution in [0.25, 0.3) is 0 Å². The minimum atomic E-state index is -3.21. The van der Waals surface area contributed by atoms with E-state index in [0.29, 0.717) is 43.0 Å². The van der Waals surface area contributed by atoms with Gasteiger partial charge in [0.15, 0.2) is 0 Å². The SMILES string of the molecule is CCS(=O)(=O)N1CCC(C(=O)Nc2cccc(NC(=O)Nc3ccccc3)c2)CC1. The Balaban J connectivity index is 1.54. The molecule has 0 unspecified atom stereocenters. The average Bonchev–Trinajstić information content (AvgIpc) is 2.74. The van der Waals surface area contributed by atoms with E-state index in [1.54, 1.807) is 43.3 Å². The zero-order chi connectivity index (χ0) is 21.6. The summed E-state index contributed by atoms with van der Waals surface area (Å²) in [4.78, 5) is 24.7. The van der Waals surface area contributed by atoms with Crippen molar-refractivity contribution in [2.75, 3.05) is 34.8 Å². The van der Waals surface area contributed by atoms with Crippen molar-refractivity contribution in [2.45, 2.75) is 19.8 Å². The standard InChI is InChI=1S/C21H26N4O4S/c1-2-30(28,29)25-13-11-16(12-14-25)20(26)22-18-9-6-10-19(15-18)24-21(27)23-17-7-4-3-5-8-17/h3-10,15-16H,2,11-14H2,1H3,(H,22,26)(H2,23,24,27). The van der Waals surface area contributed by atoms with Gasteiger partial charge >= 0.3 is 6.03 Å². The van der Waals surface area contributed by atoms with Gasteiger partial charge in [0, 0.05) is 36.1 Å². The van der Waals surface area contributed by atoms with Crippen LogP contribution in [-0.4, -0.2) is 43.5 Å². The maximum Gasteiger partial charge on any atom is 0.323 e. The first-order valence-electron chi connectivity index (χ1n) is 9.89. The number of nitrogens with zero attached hydrogens (tertiary/aromatic N) is 1. The van der Waals surface area contributed by atoms with Gasteiger partial charge in [-0.25, -0.2) is 17.5 Å². The Kier molecular flexibility index (Phi) is 7.07. The van der Waals surface area contributed by atoms with Crippen molar-refractivity contribution >= 4 is 39.0 Å². The highest BCUT2D eigenvalue weighted by molar-refractivity contribution is 7.89. The minimum Gasteiger partial charge on any atom is -0.326 e. The molecule has 0 aliphatic carbocycles. The molecule has 0 aromatic heterocycles. The van der Waals surface area contributed by atoms with E-state index in [1.807, 2.05) is 18.2 Å². The zero-order valence-electron chi connectivity index (χ0n) is 16.8. The first-order chi connectivity index (χ1) is 14.4. The molecule has 0 spiro atoms. The van der Waals surface area contributed by atoms with Crippen molar-refractivity contribution in [3.8, 4) is 0 Å². The van der Waals surface area contributed by atoms with Crippen LogP contribution in [0.1, 0.15) is 19.8 Å². The summed E-state index contributed by atoms with van der Waals surface area (Å²) >= 11 is 0. The van der Waals surface area contributed by atoms with Gasteiger partial charge in [-0.05, 0) is 50.1 Å². The van der Waals surface area contributed by atoms with E-state index in [9.17, 15) is 18.0 Å². The van der Waals surface area contributed by atoms with Gasteiger partial charge in [0.1, 0.15) is 0 Å². The predicted molar refractivity (Wildman–Crippen MR) is 118 cm³/mol. The number of piperidine rings is 1. The summed E-state index contributed by atoms with van der Waals surface area (Å²) in [6.07, 6.45) is 0.977. The number of hydrogen-bond donors (Lipinski definition) is 3. The number of nitrogens with one attached hydrogen (secondary N) is 3. The van der Waals surface area contributed by atoms with Crippen molar-refractivity contribution in [1.29, 1.82) is 0 Å². The lowest BCUT2D eigenvalue weighted by atomic mass is 9.97. The highest BCUT2D eigenvalue weighted by atomic mass is 32.2. The Bertz CT molecular complexity index is 987. The molecule has 30 heavy (non-hydrogen) atoms. The highest BCUT2D eigenvalue weighted by Crippen LogP contribution is 2.23. The summed E-state index contributed by atoms with van der Waals surface area (Å²) in [7, 11) is -3.21. The molecule has 0 bridgehead atoms. The molecule has 3 rings (SSSR count). The number of carbonyl (C=O) groups excluding carboxylic acids is 2. The summed E-state index contributed by atoms with van der Waals surface area (Å²) < 4.78 is 25.3. The van der Waals surface area contributed by atoms with Crippen LogP contribution in [0, 0.1) is 5.92 Å². The molecule has 3 amide bonds. The van der Waals surface area contributed by atoms with Crippen LogP contribution in [0.3, 0.4) is 0 Å². The lowest BCUT2D eigenvalue weighted by molar-refractivity contribution is -0.120. The molecule has 3 N–H and O–H groups in total. The molecule has 0 saturated carbocycles. The van der Waals surface area contributed by atoms with Crippen LogP contribution in [0.5, 0.6) is 0 Å².